The van der Waals surface area contributed by atoms with E-state index in [1.54, 1.807) is 24.3 Å². The summed E-state index contributed by atoms with van der Waals surface area (Å²) in [5.41, 5.74) is 5.15. The first kappa shape index (κ1) is 23.3. The van der Waals surface area contributed by atoms with Crippen molar-refractivity contribution in [1.29, 1.82) is 0 Å². The fraction of sp³-hybridized carbons (Fsp3) is 0.0741. The number of carbonyl (C=O) groups excluding carboxylic acids is 1. The largest absolute Gasteiger partial charge is 0.289 e. The number of benzene rings is 4. The highest BCUT2D eigenvalue weighted by Crippen LogP contribution is 2.36. The molecule has 0 radical (unpaired) electrons. The highest BCUT2D eigenvalue weighted by atomic mass is 79.9. The molecule has 0 fully saturated rings. The van der Waals surface area contributed by atoms with Gasteiger partial charge in [-0.25, -0.2) is 0 Å². The van der Waals surface area contributed by atoms with Gasteiger partial charge < -0.3 is 0 Å². The molecule has 0 heterocycles. The number of halogens is 4. The molecule has 0 amide bonds. The second-order valence-electron chi connectivity index (χ2n) is 7.43. The maximum atomic E-state index is 13.6. The molecule has 4 aromatic rings. The topological polar surface area (TPSA) is 17.1 Å². The Kier molecular flexibility index (Phi) is 7.52. The van der Waals surface area contributed by atoms with E-state index in [0.717, 1.165) is 22.3 Å². The normalized spacial score (nSPS) is 10.9. The summed E-state index contributed by atoms with van der Waals surface area (Å²) in [5.74, 6) is -0.0966. The standard InChI is InChI=1S/C27H18Br2Cl2O/c28-25-19(11-13-23(30)21(25)15-17-7-3-1-4-8-17)27(32)20-12-14-24(31)22(26(20)29)16-18-9-5-2-6-10-18/h1-14H,15-16H2. The zero-order valence-corrected chi connectivity index (χ0v) is 21.6. The summed E-state index contributed by atoms with van der Waals surface area (Å²) < 4.78 is 1.43. The van der Waals surface area contributed by atoms with E-state index in [1.165, 1.54) is 0 Å². The van der Waals surface area contributed by atoms with Gasteiger partial charge in [-0.1, -0.05) is 83.9 Å². The molecule has 0 aromatic heterocycles. The maximum absolute atomic E-state index is 13.6. The smallest absolute Gasteiger partial charge is 0.195 e. The summed E-state index contributed by atoms with van der Waals surface area (Å²) in [7, 11) is 0. The van der Waals surface area contributed by atoms with Crippen molar-refractivity contribution in [3.63, 3.8) is 0 Å². The summed E-state index contributed by atoms with van der Waals surface area (Å²) >= 11 is 20.3. The van der Waals surface area contributed by atoms with Crippen LogP contribution in [0.3, 0.4) is 0 Å². The van der Waals surface area contributed by atoms with Crippen LogP contribution in [0.25, 0.3) is 0 Å². The molecule has 0 atom stereocenters. The maximum Gasteiger partial charge on any atom is 0.195 e. The zero-order chi connectivity index (χ0) is 22.7. The molecule has 0 saturated heterocycles. The van der Waals surface area contributed by atoms with E-state index in [1.807, 2.05) is 60.7 Å². The van der Waals surface area contributed by atoms with E-state index in [4.69, 9.17) is 23.2 Å². The van der Waals surface area contributed by atoms with E-state index in [0.29, 0.717) is 43.0 Å². The molecule has 4 rings (SSSR count). The molecule has 5 heteroatoms. The van der Waals surface area contributed by atoms with Gasteiger partial charge in [0, 0.05) is 43.0 Å². The van der Waals surface area contributed by atoms with Crippen LogP contribution in [-0.2, 0) is 12.8 Å². The highest BCUT2D eigenvalue weighted by Gasteiger charge is 2.22. The summed E-state index contributed by atoms with van der Waals surface area (Å²) in [6, 6.07) is 27.2. The third-order valence-electron chi connectivity index (χ3n) is 5.31. The molecule has 4 aromatic carbocycles. The average Bonchev–Trinajstić information content (AvgIpc) is 2.80. The number of ketones is 1. The molecule has 0 aliphatic carbocycles. The summed E-state index contributed by atoms with van der Waals surface area (Å²) in [6.45, 7) is 0. The lowest BCUT2D eigenvalue weighted by molar-refractivity contribution is 0.103. The summed E-state index contributed by atoms with van der Waals surface area (Å²) in [4.78, 5) is 13.6. The van der Waals surface area contributed by atoms with Gasteiger partial charge in [-0.3, -0.25) is 4.79 Å². The predicted octanol–water partition coefficient (Wildman–Crippen LogP) is 8.93. The second-order valence-corrected chi connectivity index (χ2v) is 9.83. The van der Waals surface area contributed by atoms with Crippen LogP contribution in [0.1, 0.15) is 38.2 Å². The Morgan fingerprint density at radius 3 is 1.34 bits per heavy atom. The van der Waals surface area contributed by atoms with Gasteiger partial charge in [0.1, 0.15) is 0 Å². The molecule has 0 bridgehead atoms. The lowest BCUT2D eigenvalue weighted by Gasteiger charge is -2.15. The molecular formula is C27H18Br2Cl2O. The Balaban J connectivity index is 1.72. The van der Waals surface area contributed by atoms with Crippen LogP contribution in [0.2, 0.25) is 10.0 Å². The Morgan fingerprint density at radius 1 is 0.594 bits per heavy atom. The first-order valence-electron chi connectivity index (χ1n) is 10.0. The van der Waals surface area contributed by atoms with Crippen molar-refractivity contribution in [3.8, 4) is 0 Å². The minimum absolute atomic E-state index is 0.0966. The molecule has 32 heavy (non-hydrogen) atoms. The van der Waals surface area contributed by atoms with E-state index >= 15 is 0 Å². The molecule has 0 aliphatic heterocycles. The van der Waals surface area contributed by atoms with Crippen LogP contribution in [0.15, 0.2) is 93.9 Å². The van der Waals surface area contributed by atoms with Gasteiger partial charge in [-0.05, 0) is 78.4 Å². The van der Waals surface area contributed by atoms with Gasteiger partial charge in [0.25, 0.3) is 0 Å². The van der Waals surface area contributed by atoms with E-state index in [9.17, 15) is 4.79 Å². The number of hydrogen-bond acceptors (Lipinski definition) is 1. The Labute approximate surface area is 214 Å². The van der Waals surface area contributed by atoms with Gasteiger partial charge >= 0.3 is 0 Å². The van der Waals surface area contributed by atoms with Crippen LogP contribution < -0.4 is 0 Å². The number of hydrogen-bond donors (Lipinski definition) is 0. The molecule has 0 N–H and O–H groups in total. The van der Waals surface area contributed by atoms with Crippen molar-refractivity contribution in [2.75, 3.05) is 0 Å². The van der Waals surface area contributed by atoms with Gasteiger partial charge in [0.15, 0.2) is 5.78 Å². The Morgan fingerprint density at radius 2 is 0.969 bits per heavy atom. The van der Waals surface area contributed by atoms with Crippen molar-refractivity contribution >= 4 is 60.8 Å². The van der Waals surface area contributed by atoms with E-state index in [-0.39, 0.29) is 5.78 Å². The van der Waals surface area contributed by atoms with Gasteiger partial charge in [0.05, 0.1) is 0 Å². The van der Waals surface area contributed by atoms with Crippen molar-refractivity contribution in [1.82, 2.24) is 0 Å². The molecule has 1 nitrogen and oxygen atoms in total. The quantitative estimate of drug-likeness (QED) is 0.206. The fourth-order valence-corrected chi connectivity index (χ4v) is 5.62. The minimum Gasteiger partial charge on any atom is -0.289 e. The molecular weight excluding hydrogens is 571 g/mol. The molecule has 0 unspecified atom stereocenters. The first-order valence-corrected chi connectivity index (χ1v) is 12.4. The molecule has 160 valence electrons. The van der Waals surface area contributed by atoms with Gasteiger partial charge in [-0.2, -0.15) is 0 Å². The third kappa shape index (κ3) is 5.02. The third-order valence-corrected chi connectivity index (χ3v) is 7.83. The monoisotopic (exact) mass is 586 g/mol. The molecule has 0 aliphatic rings. The predicted molar refractivity (Wildman–Crippen MR) is 140 cm³/mol. The Hall–Kier alpha value is -1.91. The average molecular weight is 589 g/mol. The first-order chi connectivity index (χ1) is 15.5. The van der Waals surface area contributed by atoms with Crippen LogP contribution in [0.5, 0.6) is 0 Å². The van der Waals surface area contributed by atoms with Crippen molar-refractivity contribution in [2.24, 2.45) is 0 Å². The van der Waals surface area contributed by atoms with Crippen molar-refractivity contribution < 1.29 is 4.79 Å². The second kappa shape index (κ2) is 10.4. The summed E-state index contributed by atoms with van der Waals surface area (Å²) in [6.07, 6.45) is 1.25. The lowest BCUT2D eigenvalue weighted by Crippen LogP contribution is -2.07. The SMILES string of the molecule is O=C(c1ccc(Cl)c(Cc2ccccc2)c1Br)c1ccc(Cl)c(Cc2ccccc2)c1Br. The van der Waals surface area contributed by atoms with Crippen LogP contribution in [0, 0.1) is 0 Å². The lowest BCUT2D eigenvalue weighted by atomic mass is 9.96. The van der Waals surface area contributed by atoms with Gasteiger partial charge in [0.2, 0.25) is 0 Å². The number of carbonyl (C=O) groups is 1. The van der Waals surface area contributed by atoms with Crippen molar-refractivity contribution in [2.45, 2.75) is 12.8 Å². The van der Waals surface area contributed by atoms with Crippen molar-refractivity contribution in [3.05, 3.63) is 137 Å². The Bertz CT molecular complexity index is 1170. The fourth-order valence-electron chi connectivity index (χ4n) is 3.62. The molecule has 0 saturated carbocycles. The summed E-state index contributed by atoms with van der Waals surface area (Å²) in [5, 5.41) is 1.24. The van der Waals surface area contributed by atoms with Crippen LogP contribution in [0.4, 0.5) is 0 Å². The number of rotatable bonds is 6. The van der Waals surface area contributed by atoms with Crippen LogP contribution in [-0.4, -0.2) is 5.78 Å². The minimum atomic E-state index is -0.0966. The van der Waals surface area contributed by atoms with E-state index in [2.05, 4.69) is 31.9 Å². The zero-order valence-electron chi connectivity index (χ0n) is 16.9. The van der Waals surface area contributed by atoms with Crippen LogP contribution >= 0.6 is 55.1 Å². The van der Waals surface area contributed by atoms with Gasteiger partial charge in [-0.15, -0.1) is 0 Å². The highest BCUT2D eigenvalue weighted by molar-refractivity contribution is 9.11. The van der Waals surface area contributed by atoms with E-state index < -0.39 is 0 Å². The molecule has 0 spiro atoms.